The molecule has 0 aromatic heterocycles. The van der Waals surface area contributed by atoms with E-state index in [0.29, 0.717) is 12.8 Å². The molecule has 0 radical (unpaired) electrons. The zero-order valence-electron chi connectivity index (χ0n) is 6.17. The first kappa shape index (κ1) is 14.1. The van der Waals surface area contributed by atoms with E-state index >= 15 is 0 Å². The molecule has 0 saturated carbocycles. The number of carboxylic acid groups (broad SMARTS) is 2. The van der Waals surface area contributed by atoms with Crippen molar-refractivity contribution in [2.45, 2.75) is 25.7 Å². The fourth-order valence-electron chi connectivity index (χ4n) is 0.539. The third-order valence-electron chi connectivity index (χ3n) is 1.01. The number of carbonyl (C=O) groups is 2. The summed E-state index contributed by atoms with van der Waals surface area (Å²) >= 11 is 0. The van der Waals surface area contributed by atoms with Gasteiger partial charge < -0.3 is 19.8 Å². The van der Waals surface area contributed by atoms with Crippen molar-refractivity contribution >= 4 is 60.8 Å². The van der Waals surface area contributed by atoms with Gasteiger partial charge in [-0.1, -0.05) is 0 Å². The number of hydrogen-bond donors (Lipinski definition) is 0. The number of unbranched alkanes of at least 4 members (excludes halogenated alkanes) is 1. The average Bonchev–Trinajstić information content (AvgIpc) is 1.79. The predicted octanol–water partition coefficient (Wildman–Crippen LogP) is -2.33. The first-order valence-corrected chi connectivity index (χ1v) is 3.02. The van der Waals surface area contributed by atoms with Gasteiger partial charge in [-0.15, -0.1) is 0 Å². The minimum atomic E-state index is -1.14. The minimum Gasteiger partial charge on any atom is -0.550 e. The molecule has 0 amide bonds. The first-order valence-electron chi connectivity index (χ1n) is 3.02. The van der Waals surface area contributed by atoms with Gasteiger partial charge in [-0.25, -0.2) is 0 Å². The topological polar surface area (TPSA) is 80.3 Å². The van der Waals surface area contributed by atoms with Crippen LogP contribution in [0.5, 0.6) is 0 Å². The molecule has 0 bridgehead atoms. The normalized spacial score (nSPS) is 8.36. The Labute approximate surface area is 105 Å². The van der Waals surface area contributed by atoms with Gasteiger partial charge in [0.05, 0.1) is 0 Å². The number of carboxylic acids is 2. The molecule has 0 fully saturated rings. The molecule has 0 spiro atoms. The van der Waals surface area contributed by atoms with E-state index in [4.69, 9.17) is 0 Å². The first-order chi connectivity index (χ1) is 4.63. The molecule has 0 N–H and O–H groups in total. The predicted molar refractivity (Wildman–Crippen MR) is 34.2 cm³/mol. The summed E-state index contributed by atoms with van der Waals surface area (Å²) in [6, 6.07) is 0. The van der Waals surface area contributed by atoms with Gasteiger partial charge in [0.25, 0.3) is 0 Å². The van der Waals surface area contributed by atoms with Crippen molar-refractivity contribution in [3.63, 3.8) is 0 Å². The Kier molecular flexibility index (Phi) is 11.0. The monoisotopic (exact) mass is 282 g/mol. The largest absolute Gasteiger partial charge is 2.00 e. The zero-order valence-corrected chi connectivity index (χ0v) is 10.6. The number of aliphatic carboxylic acids is 2. The second kappa shape index (κ2) is 8.61. The third-order valence-corrected chi connectivity index (χ3v) is 1.01. The van der Waals surface area contributed by atoms with Gasteiger partial charge in [0, 0.05) is 11.9 Å². The van der Waals surface area contributed by atoms with Gasteiger partial charge in [0.2, 0.25) is 0 Å². The molecule has 0 saturated heterocycles. The minimum absolute atomic E-state index is 0. The van der Waals surface area contributed by atoms with Crippen LogP contribution in [0.3, 0.4) is 0 Å². The molecule has 5 heteroatoms. The Bertz CT molecular complexity index is 119. The molecule has 0 atom stereocenters. The Morgan fingerprint density at radius 2 is 1.18 bits per heavy atom. The molecule has 0 aromatic carbocycles. The van der Waals surface area contributed by atoms with Crippen LogP contribution in [-0.2, 0) is 9.59 Å². The molecule has 0 aromatic rings. The maximum atomic E-state index is 9.77. The van der Waals surface area contributed by atoms with E-state index in [2.05, 4.69) is 0 Å². The van der Waals surface area contributed by atoms with Crippen LogP contribution in [0.25, 0.3) is 0 Å². The quantitative estimate of drug-likeness (QED) is 0.418. The fourth-order valence-corrected chi connectivity index (χ4v) is 0.539. The summed E-state index contributed by atoms with van der Waals surface area (Å²) in [4.78, 5) is 19.5. The molecule has 4 nitrogen and oxygen atoms in total. The van der Waals surface area contributed by atoms with Crippen LogP contribution in [0, 0.1) is 0 Å². The van der Waals surface area contributed by atoms with Crippen molar-refractivity contribution in [3.8, 4) is 0 Å². The van der Waals surface area contributed by atoms with Crippen LogP contribution in [-0.4, -0.2) is 60.8 Å². The van der Waals surface area contributed by atoms with Gasteiger partial charge in [-0.3, -0.25) is 0 Å². The summed E-state index contributed by atoms with van der Waals surface area (Å²) in [5.74, 6) is -2.28. The Hall–Kier alpha value is 0.511. The second-order valence-corrected chi connectivity index (χ2v) is 1.95. The van der Waals surface area contributed by atoms with E-state index in [0.717, 1.165) is 0 Å². The van der Waals surface area contributed by atoms with Gasteiger partial charge in [0.15, 0.2) is 0 Å². The molecule has 11 heavy (non-hydrogen) atoms. The van der Waals surface area contributed by atoms with Gasteiger partial charge in [0.1, 0.15) is 0 Å². The maximum absolute atomic E-state index is 9.77. The van der Waals surface area contributed by atoms with Crippen molar-refractivity contribution in [2.75, 3.05) is 0 Å². The average molecular weight is 281 g/mol. The van der Waals surface area contributed by atoms with Crippen molar-refractivity contribution < 1.29 is 19.8 Å². The van der Waals surface area contributed by atoms with Crippen LogP contribution in [0.4, 0.5) is 0 Å². The third kappa shape index (κ3) is 13.5. The molecule has 0 aliphatic carbocycles. The summed E-state index contributed by atoms with van der Waals surface area (Å²) in [7, 11) is 0. The summed E-state index contributed by atoms with van der Waals surface area (Å²) in [5, 5.41) is 19.5. The van der Waals surface area contributed by atoms with Crippen LogP contribution >= 0.6 is 0 Å². The standard InChI is InChI=1S/C6H10O4.Ba/c7-5(8)3-1-2-4-6(9)10;/h1-4H2,(H,7,8)(H,9,10);/q;+2/p-2. The zero-order chi connectivity index (χ0) is 7.98. The Balaban J connectivity index is 0. The van der Waals surface area contributed by atoms with E-state index in [1.165, 1.54) is 0 Å². The maximum Gasteiger partial charge on any atom is 2.00 e. The SMILES string of the molecule is O=C([O-])CCCCC(=O)[O-].[Ba+2]. The van der Waals surface area contributed by atoms with Crippen molar-refractivity contribution in [1.82, 2.24) is 0 Å². The number of carbonyl (C=O) groups excluding carboxylic acids is 2. The van der Waals surface area contributed by atoms with Crippen molar-refractivity contribution in [1.29, 1.82) is 0 Å². The summed E-state index contributed by atoms with van der Waals surface area (Å²) in [5.41, 5.74) is 0. The van der Waals surface area contributed by atoms with Gasteiger partial charge in [-0.2, -0.15) is 0 Å². The number of hydrogen-bond acceptors (Lipinski definition) is 4. The van der Waals surface area contributed by atoms with Crippen molar-refractivity contribution in [3.05, 3.63) is 0 Å². The van der Waals surface area contributed by atoms with Crippen LogP contribution < -0.4 is 10.2 Å². The number of rotatable bonds is 5. The van der Waals surface area contributed by atoms with E-state index < -0.39 is 11.9 Å². The van der Waals surface area contributed by atoms with E-state index in [9.17, 15) is 19.8 Å². The molecule has 0 aliphatic heterocycles. The summed E-state index contributed by atoms with van der Waals surface area (Å²) in [6.45, 7) is 0. The summed E-state index contributed by atoms with van der Waals surface area (Å²) in [6.07, 6.45) is 0.535. The summed E-state index contributed by atoms with van der Waals surface area (Å²) < 4.78 is 0. The fraction of sp³-hybridized carbons (Fsp3) is 0.667. The van der Waals surface area contributed by atoms with Crippen LogP contribution in [0.1, 0.15) is 25.7 Å². The Morgan fingerprint density at radius 3 is 1.36 bits per heavy atom. The van der Waals surface area contributed by atoms with E-state index in [-0.39, 0.29) is 61.7 Å². The Morgan fingerprint density at radius 1 is 0.909 bits per heavy atom. The van der Waals surface area contributed by atoms with Gasteiger partial charge >= 0.3 is 48.9 Å². The smallest absolute Gasteiger partial charge is 0.550 e. The van der Waals surface area contributed by atoms with Crippen LogP contribution in [0.15, 0.2) is 0 Å². The second-order valence-electron chi connectivity index (χ2n) is 1.95. The van der Waals surface area contributed by atoms with Crippen molar-refractivity contribution in [2.24, 2.45) is 0 Å². The molecular weight excluding hydrogens is 273 g/mol. The molecule has 0 rings (SSSR count). The molecule has 0 unspecified atom stereocenters. The van der Waals surface area contributed by atoms with E-state index in [1.54, 1.807) is 0 Å². The molecular formula is C6H8BaO4. The van der Waals surface area contributed by atoms with Gasteiger partial charge in [-0.05, 0) is 25.7 Å². The molecule has 58 valence electrons. The molecule has 0 aliphatic rings. The van der Waals surface area contributed by atoms with Crippen LogP contribution in [0.2, 0.25) is 0 Å². The van der Waals surface area contributed by atoms with E-state index in [1.807, 2.05) is 0 Å². The molecule has 0 heterocycles.